The number of carbonyl (C=O) groups is 1. The first kappa shape index (κ1) is 17.8. The Labute approximate surface area is 154 Å². The molecule has 25 heavy (non-hydrogen) atoms. The van der Waals surface area contributed by atoms with Crippen LogP contribution in [0.2, 0.25) is 5.02 Å². The Balaban J connectivity index is 1.62. The number of benzene rings is 2. The summed E-state index contributed by atoms with van der Waals surface area (Å²) in [4.78, 5) is 16.9. The predicted molar refractivity (Wildman–Crippen MR) is 100 cm³/mol. The van der Waals surface area contributed by atoms with Crippen molar-refractivity contribution >= 4 is 17.5 Å². The molecule has 0 unspecified atom stereocenters. The average molecular weight is 359 g/mol. The van der Waals surface area contributed by atoms with Gasteiger partial charge in [-0.1, -0.05) is 29.8 Å². The van der Waals surface area contributed by atoms with E-state index in [0.29, 0.717) is 16.6 Å². The van der Waals surface area contributed by atoms with Crippen molar-refractivity contribution in [2.45, 2.75) is 13.0 Å². The van der Waals surface area contributed by atoms with Crippen molar-refractivity contribution in [3.8, 4) is 5.75 Å². The molecule has 1 aliphatic heterocycles. The first-order valence-corrected chi connectivity index (χ1v) is 8.89. The highest BCUT2D eigenvalue weighted by Crippen LogP contribution is 2.25. The van der Waals surface area contributed by atoms with Crippen molar-refractivity contribution in [2.24, 2.45) is 0 Å². The van der Waals surface area contributed by atoms with E-state index in [1.54, 1.807) is 19.2 Å². The minimum atomic E-state index is 0.0520. The molecular weight excluding hydrogens is 336 g/mol. The van der Waals surface area contributed by atoms with Gasteiger partial charge in [-0.15, -0.1) is 0 Å². The third-order valence-corrected chi connectivity index (χ3v) is 5.03. The average Bonchev–Trinajstić information content (AvgIpc) is 2.67. The highest BCUT2D eigenvalue weighted by Gasteiger charge is 2.25. The van der Waals surface area contributed by atoms with Gasteiger partial charge in [0.2, 0.25) is 0 Å². The van der Waals surface area contributed by atoms with Gasteiger partial charge < -0.3 is 9.64 Å². The van der Waals surface area contributed by atoms with Gasteiger partial charge in [-0.25, -0.2) is 0 Å². The summed E-state index contributed by atoms with van der Waals surface area (Å²) in [5.74, 6) is 0.926. The first-order chi connectivity index (χ1) is 12.1. The number of hydrogen-bond acceptors (Lipinski definition) is 3. The van der Waals surface area contributed by atoms with E-state index in [1.165, 1.54) is 5.56 Å². The molecule has 0 N–H and O–H groups in total. The molecule has 1 heterocycles. The zero-order chi connectivity index (χ0) is 17.8. The minimum Gasteiger partial charge on any atom is -0.497 e. The number of carbonyl (C=O) groups excluding carboxylic acids is 1. The summed E-state index contributed by atoms with van der Waals surface area (Å²) < 4.78 is 5.32. The molecule has 1 fully saturated rings. The van der Waals surface area contributed by atoms with Crippen molar-refractivity contribution in [2.75, 3.05) is 33.3 Å². The van der Waals surface area contributed by atoms with Crippen LogP contribution in [0.3, 0.4) is 0 Å². The fourth-order valence-electron chi connectivity index (χ4n) is 3.23. The predicted octanol–water partition coefficient (Wildman–Crippen LogP) is 3.87. The van der Waals surface area contributed by atoms with Crippen LogP contribution >= 0.6 is 11.6 Å². The number of amides is 1. The quantitative estimate of drug-likeness (QED) is 0.831. The Hall–Kier alpha value is -2.04. The lowest BCUT2D eigenvalue weighted by molar-refractivity contribution is 0.0582. The second-order valence-corrected chi connectivity index (χ2v) is 6.73. The van der Waals surface area contributed by atoms with Crippen molar-refractivity contribution in [3.63, 3.8) is 0 Å². The molecule has 0 radical (unpaired) electrons. The van der Waals surface area contributed by atoms with Gasteiger partial charge in [0.25, 0.3) is 5.91 Å². The standard InChI is InChI=1S/C20H23ClN2O2/c1-15(16-5-4-8-19(14-16)25-2)22-9-11-23(12-10-22)20(24)17-6-3-7-18(21)13-17/h3-8,13-15H,9-12H2,1-2H3/t15-/m1/s1. The molecule has 0 aromatic heterocycles. The lowest BCUT2D eigenvalue weighted by Crippen LogP contribution is -2.49. The molecule has 2 aromatic carbocycles. The number of nitrogens with zero attached hydrogens (tertiary/aromatic N) is 2. The van der Waals surface area contributed by atoms with Crippen LogP contribution in [0.15, 0.2) is 48.5 Å². The maximum absolute atomic E-state index is 12.6. The first-order valence-electron chi connectivity index (χ1n) is 8.51. The molecule has 132 valence electrons. The van der Waals surface area contributed by atoms with Crippen LogP contribution in [-0.4, -0.2) is 49.0 Å². The second kappa shape index (κ2) is 7.89. The molecule has 0 saturated carbocycles. The molecule has 1 saturated heterocycles. The van der Waals surface area contributed by atoms with Crippen LogP contribution in [0, 0.1) is 0 Å². The summed E-state index contributed by atoms with van der Waals surface area (Å²) in [6.45, 7) is 5.35. The molecule has 0 bridgehead atoms. The van der Waals surface area contributed by atoms with Gasteiger partial charge in [0.05, 0.1) is 7.11 Å². The van der Waals surface area contributed by atoms with Gasteiger partial charge in [0, 0.05) is 42.8 Å². The van der Waals surface area contributed by atoms with Crippen molar-refractivity contribution in [1.82, 2.24) is 9.80 Å². The highest BCUT2D eigenvalue weighted by atomic mass is 35.5. The number of ether oxygens (including phenoxy) is 1. The number of piperazine rings is 1. The number of hydrogen-bond donors (Lipinski definition) is 0. The van der Waals surface area contributed by atoms with Gasteiger partial charge in [0.1, 0.15) is 5.75 Å². The SMILES string of the molecule is COc1cccc([C@@H](C)N2CCN(C(=O)c3cccc(Cl)c3)CC2)c1. The molecule has 3 rings (SSSR count). The number of halogens is 1. The van der Waals surface area contributed by atoms with E-state index in [0.717, 1.165) is 31.9 Å². The van der Waals surface area contributed by atoms with Gasteiger partial charge in [-0.3, -0.25) is 9.69 Å². The highest BCUT2D eigenvalue weighted by molar-refractivity contribution is 6.30. The lowest BCUT2D eigenvalue weighted by Gasteiger charge is -2.38. The molecular formula is C20H23ClN2O2. The minimum absolute atomic E-state index is 0.0520. The van der Waals surface area contributed by atoms with Gasteiger partial charge >= 0.3 is 0 Å². The maximum atomic E-state index is 12.6. The molecule has 0 spiro atoms. The van der Waals surface area contributed by atoms with E-state index in [2.05, 4.69) is 24.0 Å². The van der Waals surface area contributed by atoms with E-state index in [9.17, 15) is 4.79 Å². The van der Waals surface area contributed by atoms with Crippen LogP contribution in [0.5, 0.6) is 5.75 Å². The Morgan fingerprint density at radius 3 is 2.48 bits per heavy atom. The fraction of sp³-hybridized carbons (Fsp3) is 0.350. The topological polar surface area (TPSA) is 32.8 Å². The van der Waals surface area contributed by atoms with Crippen LogP contribution in [0.1, 0.15) is 28.9 Å². The molecule has 0 aliphatic carbocycles. The largest absolute Gasteiger partial charge is 0.497 e. The van der Waals surface area contributed by atoms with E-state index in [-0.39, 0.29) is 5.91 Å². The van der Waals surface area contributed by atoms with E-state index in [1.807, 2.05) is 29.2 Å². The van der Waals surface area contributed by atoms with Crippen LogP contribution < -0.4 is 4.74 Å². The van der Waals surface area contributed by atoms with Gasteiger partial charge in [-0.05, 0) is 42.8 Å². The third-order valence-electron chi connectivity index (χ3n) is 4.80. The van der Waals surface area contributed by atoms with E-state index >= 15 is 0 Å². The Morgan fingerprint density at radius 2 is 1.80 bits per heavy atom. The summed E-state index contributed by atoms with van der Waals surface area (Å²) in [6, 6.07) is 15.6. The van der Waals surface area contributed by atoms with E-state index in [4.69, 9.17) is 16.3 Å². The summed E-state index contributed by atoms with van der Waals surface area (Å²) in [7, 11) is 1.68. The second-order valence-electron chi connectivity index (χ2n) is 6.29. The molecule has 1 aliphatic rings. The summed E-state index contributed by atoms with van der Waals surface area (Å²) in [5.41, 5.74) is 1.88. The number of rotatable bonds is 4. The van der Waals surface area contributed by atoms with Crippen molar-refractivity contribution in [3.05, 3.63) is 64.7 Å². The van der Waals surface area contributed by atoms with E-state index < -0.39 is 0 Å². The van der Waals surface area contributed by atoms with Crippen LogP contribution in [0.4, 0.5) is 0 Å². The molecule has 1 atom stereocenters. The zero-order valence-corrected chi connectivity index (χ0v) is 15.4. The fourth-order valence-corrected chi connectivity index (χ4v) is 3.42. The molecule has 4 nitrogen and oxygen atoms in total. The monoisotopic (exact) mass is 358 g/mol. The summed E-state index contributed by atoms with van der Waals surface area (Å²) in [5, 5.41) is 0.594. The summed E-state index contributed by atoms with van der Waals surface area (Å²) >= 11 is 6.00. The van der Waals surface area contributed by atoms with Gasteiger partial charge in [-0.2, -0.15) is 0 Å². The molecule has 1 amide bonds. The Morgan fingerprint density at radius 1 is 1.08 bits per heavy atom. The van der Waals surface area contributed by atoms with Crippen molar-refractivity contribution < 1.29 is 9.53 Å². The molecule has 2 aromatic rings. The normalized spacial score (nSPS) is 16.5. The zero-order valence-electron chi connectivity index (χ0n) is 14.6. The Bertz CT molecular complexity index is 742. The maximum Gasteiger partial charge on any atom is 0.253 e. The van der Waals surface area contributed by atoms with Crippen LogP contribution in [0.25, 0.3) is 0 Å². The molecule has 5 heteroatoms. The van der Waals surface area contributed by atoms with Crippen molar-refractivity contribution in [1.29, 1.82) is 0 Å². The third kappa shape index (κ3) is 4.14. The Kier molecular flexibility index (Phi) is 5.61. The summed E-state index contributed by atoms with van der Waals surface area (Å²) in [6.07, 6.45) is 0. The smallest absolute Gasteiger partial charge is 0.253 e. The lowest BCUT2D eigenvalue weighted by atomic mass is 10.1. The van der Waals surface area contributed by atoms with Gasteiger partial charge in [0.15, 0.2) is 0 Å². The van der Waals surface area contributed by atoms with Crippen LogP contribution in [-0.2, 0) is 0 Å². The number of methoxy groups -OCH3 is 1.